The zero-order chi connectivity index (χ0) is 25.4. The maximum atomic E-state index is 6.08. The van der Waals surface area contributed by atoms with Crippen LogP contribution in [0.3, 0.4) is 0 Å². The summed E-state index contributed by atoms with van der Waals surface area (Å²) in [6, 6.07) is 16.9. The average Bonchev–Trinajstić information content (AvgIpc) is 3.57. The van der Waals surface area contributed by atoms with Crippen LogP contribution in [0.25, 0.3) is 22.3 Å². The highest BCUT2D eigenvalue weighted by Crippen LogP contribution is 2.31. The summed E-state index contributed by atoms with van der Waals surface area (Å²) < 4.78 is 7.92. The third kappa shape index (κ3) is 5.01. The standard InChI is InChI=1S/C28H32ClN7O/c1-18(23-4-3-11-30-23)36-19(2)31-25-16-20(5-10-26(25)36)24-17-27(32-22-8-6-21(29)7-9-22)34-28(33-24)35-12-14-37-15-13-35/h5-10,16-18,23,30H,3-4,11-15H2,1-2H3,(H,32,33,34). The molecule has 2 saturated heterocycles. The number of halogens is 1. The summed E-state index contributed by atoms with van der Waals surface area (Å²) in [5, 5.41) is 7.77. The maximum absolute atomic E-state index is 6.08. The van der Waals surface area contributed by atoms with Crippen LogP contribution < -0.4 is 15.5 Å². The molecule has 2 N–H and O–H groups in total. The molecule has 4 aromatic rings. The second-order valence-electron chi connectivity index (χ2n) is 9.85. The van der Waals surface area contributed by atoms with Crippen molar-refractivity contribution in [2.45, 2.75) is 38.8 Å². The van der Waals surface area contributed by atoms with Crippen LogP contribution in [0.15, 0.2) is 48.5 Å². The molecule has 0 aliphatic carbocycles. The first-order chi connectivity index (χ1) is 18.0. The summed E-state index contributed by atoms with van der Waals surface area (Å²) in [5.41, 5.74) is 4.93. The van der Waals surface area contributed by atoms with Crippen LogP contribution in [0.5, 0.6) is 0 Å². The fourth-order valence-electron chi connectivity index (χ4n) is 5.43. The minimum Gasteiger partial charge on any atom is -0.378 e. The lowest BCUT2D eigenvalue weighted by molar-refractivity contribution is 0.122. The number of nitrogens with zero attached hydrogens (tertiary/aromatic N) is 5. The molecule has 6 rings (SSSR count). The molecule has 2 unspecified atom stereocenters. The minimum atomic E-state index is 0.348. The van der Waals surface area contributed by atoms with Gasteiger partial charge in [0.2, 0.25) is 5.95 Å². The first-order valence-electron chi connectivity index (χ1n) is 13.0. The number of anilines is 3. The Labute approximate surface area is 222 Å². The van der Waals surface area contributed by atoms with Gasteiger partial charge in [-0.05, 0) is 69.6 Å². The number of benzene rings is 2. The Morgan fingerprint density at radius 1 is 1.05 bits per heavy atom. The molecule has 9 heteroatoms. The molecule has 37 heavy (non-hydrogen) atoms. The van der Waals surface area contributed by atoms with E-state index < -0.39 is 0 Å². The summed E-state index contributed by atoms with van der Waals surface area (Å²) in [6.45, 7) is 8.35. The first-order valence-corrected chi connectivity index (χ1v) is 13.4. The van der Waals surface area contributed by atoms with Crippen LogP contribution in [0, 0.1) is 6.92 Å². The highest BCUT2D eigenvalue weighted by molar-refractivity contribution is 6.30. The summed E-state index contributed by atoms with van der Waals surface area (Å²) >= 11 is 6.08. The molecule has 4 heterocycles. The lowest BCUT2D eigenvalue weighted by Gasteiger charge is -2.27. The van der Waals surface area contributed by atoms with Gasteiger partial charge < -0.3 is 24.8 Å². The van der Waals surface area contributed by atoms with Crippen LogP contribution >= 0.6 is 11.6 Å². The Balaban J connectivity index is 1.38. The maximum Gasteiger partial charge on any atom is 0.228 e. The monoisotopic (exact) mass is 517 g/mol. The van der Waals surface area contributed by atoms with E-state index in [1.54, 1.807) is 0 Å². The van der Waals surface area contributed by atoms with Gasteiger partial charge in [0, 0.05) is 47.5 Å². The van der Waals surface area contributed by atoms with Crippen molar-refractivity contribution in [3.8, 4) is 11.3 Å². The van der Waals surface area contributed by atoms with Gasteiger partial charge in [-0.2, -0.15) is 4.98 Å². The number of morpholine rings is 1. The van der Waals surface area contributed by atoms with E-state index in [1.165, 1.54) is 12.8 Å². The van der Waals surface area contributed by atoms with Crippen LogP contribution in [-0.4, -0.2) is 58.4 Å². The minimum absolute atomic E-state index is 0.348. The van der Waals surface area contributed by atoms with Crippen LogP contribution in [0.1, 0.15) is 31.6 Å². The molecule has 0 spiro atoms. The number of rotatable bonds is 6. The van der Waals surface area contributed by atoms with E-state index in [0.717, 1.165) is 59.3 Å². The molecule has 2 aromatic carbocycles. The lowest BCUT2D eigenvalue weighted by Crippen LogP contribution is -2.37. The topological polar surface area (TPSA) is 80.1 Å². The summed E-state index contributed by atoms with van der Waals surface area (Å²) in [6.07, 6.45) is 2.43. The van der Waals surface area contributed by atoms with Crippen LogP contribution in [-0.2, 0) is 4.74 Å². The van der Waals surface area contributed by atoms with E-state index in [0.29, 0.717) is 36.3 Å². The number of hydrogen-bond acceptors (Lipinski definition) is 7. The fraction of sp³-hybridized carbons (Fsp3) is 0.393. The number of aromatic nitrogens is 4. The SMILES string of the molecule is Cc1nc2cc(-c3cc(Nc4ccc(Cl)cc4)nc(N4CCOCC4)n3)ccc2n1C(C)C1CCCN1. The van der Waals surface area contributed by atoms with E-state index in [1.807, 2.05) is 30.3 Å². The highest BCUT2D eigenvalue weighted by Gasteiger charge is 2.25. The van der Waals surface area contributed by atoms with Crippen molar-refractivity contribution < 1.29 is 4.74 Å². The molecule has 0 amide bonds. The van der Waals surface area contributed by atoms with Gasteiger partial charge in [-0.3, -0.25) is 0 Å². The summed E-state index contributed by atoms with van der Waals surface area (Å²) in [7, 11) is 0. The zero-order valence-corrected chi connectivity index (χ0v) is 22.0. The molecule has 0 radical (unpaired) electrons. The first kappa shape index (κ1) is 24.2. The van der Waals surface area contributed by atoms with Gasteiger partial charge in [0.25, 0.3) is 0 Å². The molecule has 192 valence electrons. The lowest BCUT2D eigenvalue weighted by atomic mass is 10.1. The third-order valence-corrected chi connectivity index (χ3v) is 7.63. The van der Waals surface area contributed by atoms with E-state index >= 15 is 0 Å². The van der Waals surface area contributed by atoms with E-state index in [4.69, 9.17) is 31.3 Å². The van der Waals surface area contributed by atoms with Crippen molar-refractivity contribution in [2.75, 3.05) is 43.1 Å². The normalized spacial score (nSPS) is 18.9. The molecule has 2 aromatic heterocycles. The van der Waals surface area contributed by atoms with Crippen molar-refractivity contribution in [3.63, 3.8) is 0 Å². The largest absolute Gasteiger partial charge is 0.378 e. The quantitative estimate of drug-likeness (QED) is 0.357. The number of nitrogens with one attached hydrogen (secondary N) is 2. The Morgan fingerprint density at radius 2 is 1.86 bits per heavy atom. The Morgan fingerprint density at radius 3 is 2.62 bits per heavy atom. The summed E-state index contributed by atoms with van der Waals surface area (Å²) in [4.78, 5) is 16.9. The molecule has 0 saturated carbocycles. The molecular weight excluding hydrogens is 486 g/mol. The second-order valence-corrected chi connectivity index (χ2v) is 10.3. The number of imidazole rings is 1. The van der Waals surface area contributed by atoms with Gasteiger partial charge in [0.05, 0.1) is 29.9 Å². The predicted octanol–water partition coefficient (Wildman–Crippen LogP) is 5.35. The molecule has 2 aliphatic rings. The second kappa shape index (κ2) is 10.3. The number of hydrogen-bond donors (Lipinski definition) is 2. The van der Waals surface area contributed by atoms with Crippen LogP contribution in [0.2, 0.25) is 5.02 Å². The molecule has 2 fully saturated rings. The van der Waals surface area contributed by atoms with Crippen molar-refractivity contribution in [1.29, 1.82) is 0 Å². The smallest absolute Gasteiger partial charge is 0.228 e. The molecular formula is C28H32ClN7O. The van der Waals surface area contributed by atoms with Crippen molar-refractivity contribution in [3.05, 3.63) is 59.4 Å². The predicted molar refractivity (Wildman–Crippen MR) is 149 cm³/mol. The van der Waals surface area contributed by atoms with Gasteiger partial charge in [0.15, 0.2) is 0 Å². The van der Waals surface area contributed by atoms with Gasteiger partial charge in [-0.1, -0.05) is 17.7 Å². The van der Waals surface area contributed by atoms with Gasteiger partial charge in [-0.15, -0.1) is 0 Å². The van der Waals surface area contributed by atoms with Gasteiger partial charge in [0.1, 0.15) is 11.6 Å². The third-order valence-electron chi connectivity index (χ3n) is 7.37. The fourth-order valence-corrected chi connectivity index (χ4v) is 5.55. The Bertz CT molecular complexity index is 1390. The number of aryl methyl sites for hydroxylation is 1. The Kier molecular flexibility index (Phi) is 6.71. The van der Waals surface area contributed by atoms with Crippen molar-refractivity contribution >= 4 is 40.1 Å². The molecule has 8 nitrogen and oxygen atoms in total. The molecule has 2 atom stereocenters. The van der Waals surface area contributed by atoms with Crippen molar-refractivity contribution in [1.82, 2.24) is 24.8 Å². The van der Waals surface area contributed by atoms with Gasteiger partial charge in [-0.25, -0.2) is 9.97 Å². The molecule has 2 aliphatic heterocycles. The van der Waals surface area contributed by atoms with E-state index in [2.05, 4.69) is 52.1 Å². The van der Waals surface area contributed by atoms with E-state index in [-0.39, 0.29) is 0 Å². The van der Waals surface area contributed by atoms with Crippen molar-refractivity contribution in [2.24, 2.45) is 0 Å². The Hall–Kier alpha value is -3.20. The van der Waals surface area contributed by atoms with E-state index in [9.17, 15) is 0 Å². The van der Waals surface area contributed by atoms with Gasteiger partial charge >= 0.3 is 0 Å². The number of fused-ring (bicyclic) bond motifs is 1. The highest BCUT2D eigenvalue weighted by atomic mass is 35.5. The number of ether oxygens (including phenoxy) is 1. The van der Waals surface area contributed by atoms with Crippen LogP contribution in [0.4, 0.5) is 17.5 Å². The average molecular weight is 518 g/mol. The molecule has 0 bridgehead atoms. The summed E-state index contributed by atoms with van der Waals surface area (Å²) in [5.74, 6) is 2.46. The zero-order valence-electron chi connectivity index (χ0n) is 21.2.